The fraction of sp³-hybridized carbons (Fsp3) is 0.704. The van der Waals surface area contributed by atoms with Gasteiger partial charge in [0.15, 0.2) is 0 Å². The summed E-state index contributed by atoms with van der Waals surface area (Å²) in [4.78, 5) is 31.4. The van der Waals surface area contributed by atoms with Gasteiger partial charge >= 0.3 is 0 Å². The Hall–Kier alpha value is -1.88. The molecule has 38 heavy (non-hydrogen) atoms. The topological polar surface area (TPSA) is 119 Å². The molecule has 3 aliphatic rings. The SMILES string of the molecule is CCCCN1C(=O)[C@@H](CC2(O)CCCCC2)NC(=O)C12CCN(Cc1ccc(NS(C)(=O)=O)cc1)CC2.Cl. The van der Waals surface area contributed by atoms with Gasteiger partial charge in [0, 0.05) is 38.3 Å². The Labute approximate surface area is 233 Å². The van der Waals surface area contributed by atoms with E-state index in [2.05, 4.69) is 21.9 Å². The lowest BCUT2D eigenvalue weighted by Gasteiger charge is -2.52. The molecule has 1 saturated carbocycles. The number of likely N-dealkylation sites (tertiary alicyclic amines) is 1. The quantitative estimate of drug-likeness (QED) is 0.420. The molecule has 1 atom stereocenters. The number of aliphatic hydroxyl groups is 1. The first-order valence-corrected chi connectivity index (χ1v) is 15.6. The van der Waals surface area contributed by atoms with Gasteiger partial charge in [0.1, 0.15) is 11.6 Å². The highest BCUT2D eigenvalue weighted by Crippen LogP contribution is 2.37. The van der Waals surface area contributed by atoms with E-state index >= 15 is 0 Å². The Morgan fingerprint density at radius 2 is 1.68 bits per heavy atom. The Kier molecular flexibility index (Phi) is 10.1. The van der Waals surface area contributed by atoms with Gasteiger partial charge in [-0.2, -0.15) is 0 Å². The molecule has 214 valence electrons. The number of nitrogens with zero attached hydrogens (tertiary/aromatic N) is 2. The molecule has 3 fully saturated rings. The fourth-order valence-corrected chi connectivity index (χ4v) is 6.74. The van der Waals surface area contributed by atoms with E-state index in [-0.39, 0.29) is 24.2 Å². The molecule has 11 heteroatoms. The number of halogens is 1. The minimum atomic E-state index is -3.32. The van der Waals surface area contributed by atoms with Crippen molar-refractivity contribution in [3.05, 3.63) is 29.8 Å². The van der Waals surface area contributed by atoms with Gasteiger partial charge in [-0.1, -0.05) is 44.7 Å². The molecule has 4 rings (SSSR count). The number of nitrogens with one attached hydrogen (secondary N) is 2. The molecule has 0 aromatic heterocycles. The zero-order valence-electron chi connectivity index (χ0n) is 22.6. The number of rotatable bonds is 9. The van der Waals surface area contributed by atoms with Crippen molar-refractivity contribution in [2.45, 2.75) is 94.9 Å². The molecule has 2 aliphatic heterocycles. The zero-order chi connectivity index (χ0) is 26.7. The van der Waals surface area contributed by atoms with Crippen molar-refractivity contribution < 1.29 is 23.1 Å². The predicted octanol–water partition coefficient (Wildman–Crippen LogP) is 3.03. The second-order valence-corrected chi connectivity index (χ2v) is 13.0. The van der Waals surface area contributed by atoms with Crippen LogP contribution >= 0.6 is 12.4 Å². The summed E-state index contributed by atoms with van der Waals surface area (Å²) in [6.07, 6.45) is 8.74. The number of hydrogen-bond acceptors (Lipinski definition) is 6. The lowest BCUT2D eigenvalue weighted by atomic mass is 9.77. The fourth-order valence-electron chi connectivity index (χ4n) is 6.18. The number of piperazine rings is 1. The van der Waals surface area contributed by atoms with Crippen LogP contribution in [0.2, 0.25) is 0 Å². The highest BCUT2D eigenvalue weighted by molar-refractivity contribution is 7.92. The van der Waals surface area contributed by atoms with Crippen LogP contribution in [0.15, 0.2) is 24.3 Å². The minimum Gasteiger partial charge on any atom is -0.390 e. The third-order valence-corrected chi connectivity index (χ3v) is 8.87. The first-order chi connectivity index (χ1) is 17.5. The maximum absolute atomic E-state index is 13.7. The van der Waals surface area contributed by atoms with E-state index in [4.69, 9.17) is 0 Å². The van der Waals surface area contributed by atoms with Crippen LogP contribution in [0.25, 0.3) is 0 Å². The van der Waals surface area contributed by atoms with Crippen molar-refractivity contribution in [2.24, 2.45) is 0 Å². The Morgan fingerprint density at radius 3 is 2.26 bits per heavy atom. The molecular formula is C27H43ClN4O5S. The molecule has 9 nitrogen and oxygen atoms in total. The molecule has 1 aromatic carbocycles. The first-order valence-electron chi connectivity index (χ1n) is 13.7. The van der Waals surface area contributed by atoms with Crippen LogP contribution in [-0.2, 0) is 26.2 Å². The molecule has 1 aliphatic carbocycles. The average molecular weight is 571 g/mol. The monoisotopic (exact) mass is 570 g/mol. The largest absolute Gasteiger partial charge is 0.390 e. The summed E-state index contributed by atoms with van der Waals surface area (Å²) >= 11 is 0. The third-order valence-electron chi connectivity index (χ3n) is 8.26. The minimum absolute atomic E-state index is 0. The number of hydrogen-bond donors (Lipinski definition) is 3. The van der Waals surface area contributed by atoms with E-state index in [1.54, 1.807) is 12.1 Å². The second-order valence-electron chi connectivity index (χ2n) is 11.2. The lowest BCUT2D eigenvalue weighted by molar-refractivity contribution is -0.163. The summed E-state index contributed by atoms with van der Waals surface area (Å²) < 4.78 is 25.3. The summed E-state index contributed by atoms with van der Waals surface area (Å²) in [6, 6.07) is 6.66. The Bertz CT molecular complexity index is 1070. The summed E-state index contributed by atoms with van der Waals surface area (Å²) in [5.74, 6) is -0.127. The van der Waals surface area contributed by atoms with Gasteiger partial charge in [-0.05, 0) is 49.8 Å². The number of amides is 2. The Balaban J connectivity index is 0.00000400. The maximum Gasteiger partial charge on any atom is 0.246 e. The van der Waals surface area contributed by atoms with Crippen LogP contribution < -0.4 is 10.0 Å². The van der Waals surface area contributed by atoms with Crippen LogP contribution in [0.4, 0.5) is 5.69 Å². The molecule has 2 amide bonds. The summed E-state index contributed by atoms with van der Waals surface area (Å²) in [6.45, 7) is 4.70. The number of unbranched alkanes of at least 4 members (excludes halogenated alkanes) is 1. The molecular weight excluding hydrogens is 528 g/mol. The van der Waals surface area contributed by atoms with Crippen molar-refractivity contribution in [3.63, 3.8) is 0 Å². The van der Waals surface area contributed by atoms with Gasteiger partial charge in [0.2, 0.25) is 21.8 Å². The van der Waals surface area contributed by atoms with Crippen molar-refractivity contribution in [1.82, 2.24) is 15.1 Å². The smallest absolute Gasteiger partial charge is 0.246 e. The van der Waals surface area contributed by atoms with E-state index in [1.165, 1.54) is 0 Å². The highest BCUT2D eigenvalue weighted by atomic mass is 35.5. The number of carbonyl (C=O) groups excluding carboxylic acids is 2. The van der Waals surface area contributed by atoms with Gasteiger partial charge in [-0.3, -0.25) is 19.2 Å². The summed E-state index contributed by atoms with van der Waals surface area (Å²) in [5.41, 5.74) is -0.122. The third kappa shape index (κ3) is 7.20. The molecule has 2 saturated heterocycles. The van der Waals surface area contributed by atoms with Gasteiger partial charge < -0.3 is 15.3 Å². The van der Waals surface area contributed by atoms with E-state index in [9.17, 15) is 23.1 Å². The molecule has 1 aromatic rings. The maximum atomic E-state index is 13.7. The molecule has 0 unspecified atom stereocenters. The molecule has 1 spiro atoms. The number of anilines is 1. The molecule has 0 radical (unpaired) electrons. The van der Waals surface area contributed by atoms with Gasteiger partial charge in [-0.25, -0.2) is 8.42 Å². The number of sulfonamides is 1. The Morgan fingerprint density at radius 1 is 1.05 bits per heavy atom. The molecule has 2 heterocycles. The number of piperidine rings is 1. The van der Waals surface area contributed by atoms with Crippen molar-refractivity contribution in [1.29, 1.82) is 0 Å². The van der Waals surface area contributed by atoms with Crippen LogP contribution in [0.3, 0.4) is 0 Å². The summed E-state index contributed by atoms with van der Waals surface area (Å²) in [7, 11) is -3.32. The number of benzene rings is 1. The highest BCUT2D eigenvalue weighted by Gasteiger charge is 2.54. The zero-order valence-corrected chi connectivity index (χ0v) is 24.2. The average Bonchev–Trinajstić information content (AvgIpc) is 2.84. The van der Waals surface area contributed by atoms with Crippen LogP contribution in [0.5, 0.6) is 0 Å². The number of carbonyl (C=O) groups is 2. The van der Waals surface area contributed by atoms with Crippen molar-refractivity contribution >= 4 is 39.9 Å². The predicted molar refractivity (Wildman–Crippen MR) is 151 cm³/mol. The normalized spacial score (nSPS) is 23.6. The van der Waals surface area contributed by atoms with Crippen LogP contribution in [0.1, 0.15) is 76.7 Å². The first kappa shape index (κ1) is 30.7. The van der Waals surface area contributed by atoms with Crippen molar-refractivity contribution in [3.8, 4) is 0 Å². The lowest BCUT2D eigenvalue weighted by Crippen LogP contribution is -2.73. The van der Waals surface area contributed by atoms with Crippen LogP contribution in [-0.4, -0.2) is 78.2 Å². The van der Waals surface area contributed by atoms with Gasteiger partial charge in [0.05, 0.1) is 11.9 Å². The van der Waals surface area contributed by atoms with Crippen molar-refractivity contribution in [2.75, 3.05) is 30.6 Å². The van der Waals surface area contributed by atoms with Gasteiger partial charge in [-0.15, -0.1) is 12.4 Å². The van der Waals surface area contributed by atoms with Gasteiger partial charge in [0.25, 0.3) is 0 Å². The van der Waals surface area contributed by atoms with E-state index in [0.29, 0.717) is 64.0 Å². The molecule has 0 bridgehead atoms. The van der Waals surface area contributed by atoms with Crippen LogP contribution in [0, 0.1) is 0 Å². The second kappa shape index (κ2) is 12.5. The summed E-state index contributed by atoms with van der Waals surface area (Å²) in [5, 5.41) is 14.1. The van der Waals surface area contributed by atoms with E-state index < -0.39 is 27.2 Å². The standard InChI is InChI=1S/C27H42N4O5S.ClH/c1-3-4-16-31-24(32)23(19-26(34)12-6-5-7-13-26)28-25(33)27(31)14-17-30(18-15-27)20-21-8-10-22(11-9-21)29-37(2,35)36;/h8-11,23,29,34H,3-7,12-20H2,1-2H3,(H,28,33);1H/t23-;/m1./s1. The van der Waals surface area contributed by atoms with E-state index in [1.807, 2.05) is 17.0 Å². The van der Waals surface area contributed by atoms with E-state index in [0.717, 1.165) is 43.9 Å². The molecule has 3 N–H and O–H groups in total.